The summed E-state index contributed by atoms with van der Waals surface area (Å²) in [6.45, 7) is 5.38. The molecule has 8 nitrogen and oxygen atoms in total. The first-order valence-electron chi connectivity index (χ1n) is 10.4. The summed E-state index contributed by atoms with van der Waals surface area (Å²) in [5.41, 5.74) is 6.28. The number of anilines is 1. The SMILES string of the molecule is COc1ccc(N(C(C)C(=O)N/N=C/c2cc(C)n(-c3ccccc3Cl)c2C)S(C)(=O)=O)cc1. The van der Waals surface area contributed by atoms with Crippen LogP contribution in [0.15, 0.2) is 59.7 Å². The highest BCUT2D eigenvalue weighted by Crippen LogP contribution is 2.26. The molecule has 1 heterocycles. The van der Waals surface area contributed by atoms with Crippen molar-refractivity contribution < 1.29 is 17.9 Å². The lowest BCUT2D eigenvalue weighted by atomic mass is 10.2. The number of hydrazone groups is 1. The number of aromatic nitrogens is 1. The molecule has 1 unspecified atom stereocenters. The molecule has 180 valence electrons. The lowest BCUT2D eigenvalue weighted by molar-refractivity contribution is -0.121. The van der Waals surface area contributed by atoms with E-state index < -0.39 is 22.0 Å². The quantitative estimate of drug-likeness (QED) is 0.371. The van der Waals surface area contributed by atoms with Crippen LogP contribution >= 0.6 is 11.6 Å². The van der Waals surface area contributed by atoms with Crippen LogP contribution in [0.5, 0.6) is 5.75 Å². The largest absolute Gasteiger partial charge is 0.497 e. The minimum absolute atomic E-state index is 0.346. The Morgan fingerprint density at radius 3 is 2.41 bits per heavy atom. The van der Waals surface area contributed by atoms with Crippen LogP contribution in [0.2, 0.25) is 5.02 Å². The zero-order valence-corrected chi connectivity index (χ0v) is 21.2. The Balaban J connectivity index is 1.79. The topological polar surface area (TPSA) is 93.0 Å². The number of sulfonamides is 1. The fourth-order valence-corrected chi connectivity index (χ4v) is 5.11. The van der Waals surface area contributed by atoms with Gasteiger partial charge in [0.2, 0.25) is 10.0 Å². The standard InChI is InChI=1S/C24H27ClN4O4S/c1-16-14-19(17(2)28(16)23-9-7-6-8-22(23)25)15-26-27-24(30)18(3)29(34(5,31)32)20-10-12-21(33-4)13-11-20/h6-15,18H,1-5H3,(H,27,30)/b26-15+. The third-order valence-corrected chi connectivity index (χ3v) is 6.92. The average Bonchev–Trinajstić information content (AvgIpc) is 3.06. The first-order chi connectivity index (χ1) is 16.0. The molecule has 1 atom stereocenters. The van der Waals surface area contributed by atoms with Crippen molar-refractivity contribution in [2.75, 3.05) is 17.7 Å². The second kappa shape index (κ2) is 10.3. The average molecular weight is 503 g/mol. The van der Waals surface area contributed by atoms with Crippen LogP contribution in [0.4, 0.5) is 5.69 Å². The molecule has 0 aliphatic carbocycles. The first-order valence-corrected chi connectivity index (χ1v) is 12.7. The number of carbonyl (C=O) groups is 1. The van der Waals surface area contributed by atoms with E-state index in [0.29, 0.717) is 16.5 Å². The van der Waals surface area contributed by atoms with Gasteiger partial charge in [-0.05, 0) is 63.2 Å². The predicted octanol–water partition coefficient (Wildman–Crippen LogP) is 4.06. The minimum Gasteiger partial charge on any atom is -0.497 e. The molecule has 0 saturated heterocycles. The molecule has 0 spiro atoms. The zero-order chi connectivity index (χ0) is 25.0. The van der Waals surface area contributed by atoms with Gasteiger partial charge in [0.15, 0.2) is 0 Å². The number of methoxy groups -OCH3 is 1. The second-order valence-electron chi connectivity index (χ2n) is 7.78. The summed E-state index contributed by atoms with van der Waals surface area (Å²) >= 11 is 6.35. The third kappa shape index (κ3) is 5.43. The molecule has 0 bridgehead atoms. The molecular weight excluding hydrogens is 476 g/mol. The minimum atomic E-state index is -3.74. The van der Waals surface area contributed by atoms with Crippen molar-refractivity contribution in [2.45, 2.75) is 26.8 Å². The molecule has 3 aromatic rings. The van der Waals surface area contributed by atoms with E-state index in [4.69, 9.17) is 16.3 Å². The summed E-state index contributed by atoms with van der Waals surface area (Å²) in [5, 5.41) is 4.69. The molecule has 0 saturated carbocycles. The molecule has 0 aliphatic heterocycles. The van der Waals surface area contributed by atoms with Crippen LogP contribution in [0.3, 0.4) is 0 Å². The lowest BCUT2D eigenvalue weighted by Crippen LogP contribution is -2.46. The first kappa shape index (κ1) is 25.3. The Labute approximate surface area is 204 Å². The number of halogens is 1. The van der Waals surface area contributed by atoms with Crippen molar-refractivity contribution in [3.05, 3.63) is 76.6 Å². The van der Waals surface area contributed by atoms with Crippen LogP contribution in [-0.4, -0.2) is 44.5 Å². The van der Waals surface area contributed by atoms with Gasteiger partial charge in [0, 0.05) is 17.0 Å². The van der Waals surface area contributed by atoms with E-state index in [9.17, 15) is 13.2 Å². The van der Waals surface area contributed by atoms with E-state index in [1.54, 1.807) is 24.3 Å². The van der Waals surface area contributed by atoms with Crippen molar-refractivity contribution >= 4 is 39.4 Å². The number of hydrogen-bond donors (Lipinski definition) is 1. The number of carbonyl (C=O) groups excluding carboxylic acids is 1. The van der Waals surface area contributed by atoms with Crippen LogP contribution in [0.1, 0.15) is 23.9 Å². The highest BCUT2D eigenvalue weighted by Gasteiger charge is 2.29. The summed E-state index contributed by atoms with van der Waals surface area (Å²) in [6, 6.07) is 14.8. The van der Waals surface area contributed by atoms with Gasteiger partial charge in [-0.1, -0.05) is 23.7 Å². The molecule has 0 radical (unpaired) electrons. The highest BCUT2D eigenvalue weighted by atomic mass is 35.5. The van der Waals surface area contributed by atoms with Crippen LogP contribution in [0, 0.1) is 13.8 Å². The van der Waals surface area contributed by atoms with Gasteiger partial charge < -0.3 is 9.30 Å². The van der Waals surface area contributed by atoms with Gasteiger partial charge in [0.25, 0.3) is 5.91 Å². The van der Waals surface area contributed by atoms with Crippen LogP contribution in [-0.2, 0) is 14.8 Å². The molecule has 2 aromatic carbocycles. The van der Waals surface area contributed by atoms with E-state index in [-0.39, 0.29) is 0 Å². The number of para-hydroxylation sites is 1. The van der Waals surface area contributed by atoms with Gasteiger partial charge in [0.05, 0.1) is 36.0 Å². The molecule has 1 aromatic heterocycles. The molecule has 0 aliphatic rings. The van der Waals surface area contributed by atoms with E-state index in [2.05, 4.69) is 10.5 Å². The third-order valence-electron chi connectivity index (χ3n) is 5.36. The maximum atomic E-state index is 12.8. The summed E-state index contributed by atoms with van der Waals surface area (Å²) in [6.07, 6.45) is 2.58. The predicted molar refractivity (Wildman–Crippen MR) is 136 cm³/mol. The zero-order valence-electron chi connectivity index (χ0n) is 19.6. The lowest BCUT2D eigenvalue weighted by Gasteiger charge is -2.27. The number of benzene rings is 2. The molecule has 3 rings (SSSR count). The summed E-state index contributed by atoms with van der Waals surface area (Å²) in [4.78, 5) is 12.8. The van der Waals surface area contributed by atoms with Crippen molar-refractivity contribution in [1.82, 2.24) is 9.99 Å². The molecular formula is C24H27ClN4O4S. The number of aryl methyl sites for hydroxylation is 1. The molecule has 1 N–H and O–H groups in total. The van der Waals surface area contributed by atoms with Crippen LogP contribution < -0.4 is 14.5 Å². The number of rotatable bonds is 8. The Hall–Kier alpha value is -3.30. The van der Waals surface area contributed by atoms with Gasteiger partial charge in [-0.15, -0.1) is 0 Å². The van der Waals surface area contributed by atoms with Gasteiger partial charge >= 0.3 is 0 Å². The van der Waals surface area contributed by atoms with Crippen molar-refractivity contribution in [3.63, 3.8) is 0 Å². The Kier molecular flexibility index (Phi) is 7.68. The van der Waals surface area contributed by atoms with Crippen molar-refractivity contribution in [2.24, 2.45) is 5.10 Å². The number of ether oxygens (including phenoxy) is 1. The Morgan fingerprint density at radius 2 is 1.82 bits per heavy atom. The van der Waals surface area contributed by atoms with E-state index >= 15 is 0 Å². The monoisotopic (exact) mass is 502 g/mol. The van der Waals surface area contributed by atoms with Gasteiger partial charge in [-0.2, -0.15) is 5.10 Å². The van der Waals surface area contributed by atoms with Crippen molar-refractivity contribution in [3.8, 4) is 11.4 Å². The molecule has 0 fully saturated rings. The number of nitrogens with zero attached hydrogens (tertiary/aromatic N) is 3. The number of nitrogens with one attached hydrogen (secondary N) is 1. The smallest absolute Gasteiger partial charge is 0.263 e. The Morgan fingerprint density at radius 1 is 1.18 bits per heavy atom. The van der Waals surface area contributed by atoms with E-state index in [0.717, 1.165) is 33.2 Å². The normalized spacial score (nSPS) is 12.5. The summed E-state index contributed by atoms with van der Waals surface area (Å²) in [5.74, 6) is 0.00528. The van der Waals surface area contributed by atoms with E-state index in [1.165, 1.54) is 20.2 Å². The van der Waals surface area contributed by atoms with E-state index in [1.807, 2.05) is 48.7 Å². The molecule has 34 heavy (non-hydrogen) atoms. The molecule has 10 heteroatoms. The fraction of sp³-hybridized carbons (Fsp3) is 0.250. The van der Waals surface area contributed by atoms with Gasteiger partial charge in [-0.3, -0.25) is 9.10 Å². The maximum absolute atomic E-state index is 12.8. The Bertz CT molecular complexity index is 1320. The molecule has 1 amide bonds. The van der Waals surface area contributed by atoms with Gasteiger partial charge in [-0.25, -0.2) is 13.8 Å². The second-order valence-corrected chi connectivity index (χ2v) is 10.0. The number of hydrogen-bond acceptors (Lipinski definition) is 5. The van der Waals surface area contributed by atoms with Crippen LogP contribution in [0.25, 0.3) is 5.69 Å². The van der Waals surface area contributed by atoms with Gasteiger partial charge in [0.1, 0.15) is 11.8 Å². The number of amides is 1. The highest BCUT2D eigenvalue weighted by molar-refractivity contribution is 7.92. The maximum Gasteiger partial charge on any atom is 0.263 e. The fourth-order valence-electron chi connectivity index (χ4n) is 3.72. The van der Waals surface area contributed by atoms with Crippen molar-refractivity contribution in [1.29, 1.82) is 0 Å². The summed E-state index contributed by atoms with van der Waals surface area (Å²) < 4.78 is 33.0. The summed E-state index contributed by atoms with van der Waals surface area (Å²) in [7, 11) is -2.22.